The van der Waals surface area contributed by atoms with Crippen LogP contribution in [-0.2, 0) is 16.1 Å². The molecule has 4 N–H and O–H groups in total. The first-order valence-corrected chi connectivity index (χ1v) is 14.0. The summed E-state index contributed by atoms with van der Waals surface area (Å²) >= 11 is 0. The molecular weight excluding hydrogens is 567 g/mol. The second kappa shape index (κ2) is 13.2. The molecule has 1 fully saturated rings. The Bertz CT molecular complexity index is 1480. The van der Waals surface area contributed by atoms with Crippen LogP contribution in [0.2, 0.25) is 0 Å². The van der Waals surface area contributed by atoms with Crippen molar-refractivity contribution in [1.29, 1.82) is 0 Å². The third-order valence-electron chi connectivity index (χ3n) is 7.69. The van der Waals surface area contributed by atoms with Gasteiger partial charge in [-0.3, -0.25) is 14.5 Å². The van der Waals surface area contributed by atoms with Gasteiger partial charge in [0.2, 0.25) is 0 Å². The van der Waals surface area contributed by atoms with Crippen molar-refractivity contribution in [3.05, 3.63) is 77.4 Å². The normalized spacial score (nSPS) is 18.9. The molecule has 2 amide bonds. The summed E-state index contributed by atoms with van der Waals surface area (Å²) < 4.78 is 31.7. The number of nitrogens with zero attached hydrogens (tertiary/aromatic N) is 1. The van der Waals surface area contributed by atoms with Gasteiger partial charge in [0.15, 0.2) is 0 Å². The van der Waals surface area contributed by atoms with Crippen LogP contribution in [0.3, 0.4) is 0 Å². The third-order valence-corrected chi connectivity index (χ3v) is 7.69. The summed E-state index contributed by atoms with van der Waals surface area (Å²) in [5.41, 5.74) is 3.03. The predicted molar refractivity (Wildman–Crippen MR) is 152 cm³/mol. The van der Waals surface area contributed by atoms with Crippen molar-refractivity contribution in [2.75, 3.05) is 18.4 Å². The van der Waals surface area contributed by atoms with Crippen molar-refractivity contribution in [1.82, 2.24) is 4.90 Å². The number of halogens is 3. The highest BCUT2D eigenvalue weighted by Gasteiger charge is 2.40. The number of hydrogen-bond donors (Lipinski definition) is 4. The van der Waals surface area contributed by atoms with E-state index in [0.29, 0.717) is 29.0 Å². The molecule has 0 aliphatic carbocycles. The molecule has 0 spiro atoms. The van der Waals surface area contributed by atoms with Crippen LogP contribution in [0.5, 0.6) is 0 Å². The Morgan fingerprint density at radius 1 is 0.953 bits per heavy atom. The van der Waals surface area contributed by atoms with Crippen molar-refractivity contribution >= 4 is 40.2 Å². The first kappa shape index (κ1) is 31.5. The zero-order valence-electron chi connectivity index (χ0n) is 23.5. The largest absolute Gasteiger partial charge is 0.490 e. The van der Waals surface area contributed by atoms with Crippen molar-refractivity contribution in [3.8, 4) is 0 Å². The molecule has 2 aliphatic heterocycles. The second-order valence-electron chi connectivity index (χ2n) is 10.6. The number of aliphatic carboxylic acids is 2. The van der Waals surface area contributed by atoms with E-state index >= 15 is 0 Å². The van der Waals surface area contributed by atoms with Crippen molar-refractivity contribution in [3.63, 3.8) is 0 Å². The highest BCUT2D eigenvalue weighted by molar-refractivity contribution is 6.27. The Morgan fingerprint density at radius 3 is 2.12 bits per heavy atom. The summed E-state index contributed by atoms with van der Waals surface area (Å²) in [5.74, 6) is -4.98. The minimum Gasteiger partial charge on any atom is -0.480 e. The quantitative estimate of drug-likeness (QED) is 0.288. The Labute approximate surface area is 245 Å². The van der Waals surface area contributed by atoms with Crippen LogP contribution in [-0.4, -0.2) is 70.2 Å². The van der Waals surface area contributed by atoms with Gasteiger partial charge in [-0.05, 0) is 24.6 Å². The van der Waals surface area contributed by atoms with E-state index in [2.05, 4.69) is 29.6 Å². The number of alkyl halides is 3. The molecule has 12 heteroatoms. The maximum Gasteiger partial charge on any atom is 0.490 e. The number of rotatable bonds is 8. The van der Waals surface area contributed by atoms with Crippen LogP contribution in [0.4, 0.5) is 18.9 Å². The molecule has 0 aromatic heterocycles. The lowest BCUT2D eigenvalue weighted by atomic mass is 9.91. The minimum absolute atomic E-state index is 0.225. The molecule has 0 saturated carbocycles. The molecule has 5 rings (SSSR count). The summed E-state index contributed by atoms with van der Waals surface area (Å²) in [5, 5.41) is 21.9. The molecule has 1 atom stereocenters. The fraction of sp³-hybridized carbons (Fsp3) is 0.355. The molecular formula is C31H33F3N3O6+. The van der Waals surface area contributed by atoms with Crippen molar-refractivity contribution in [2.45, 2.75) is 57.4 Å². The maximum atomic E-state index is 13.3. The number of carbonyl (C=O) groups excluding carboxylic acids is 2. The van der Waals surface area contributed by atoms with E-state index in [1.807, 2.05) is 25.1 Å². The first-order valence-electron chi connectivity index (χ1n) is 14.0. The molecule has 43 heavy (non-hydrogen) atoms. The molecule has 0 radical (unpaired) electrons. The number of imide groups is 1. The highest BCUT2D eigenvalue weighted by atomic mass is 19.4. The smallest absolute Gasteiger partial charge is 0.480 e. The molecule has 0 bridgehead atoms. The summed E-state index contributed by atoms with van der Waals surface area (Å²) in [7, 11) is 0. The third kappa shape index (κ3) is 7.14. The number of likely N-dealkylation sites (tertiary alicyclic amines) is 1. The molecule has 2 aliphatic rings. The Balaban J connectivity index is 0.000000541. The van der Waals surface area contributed by atoms with Crippen molar-refractivity contribution < 1.29 is 47.5 Å². The van der Waals surface area contributed by atoms with Crippen molar-refractivity contribution in [2.24, 2.45) is 0 Å². The van der Waals surface area contributed by atoms with Crippen LogP contribution in [0.1, 0.15) is 58.9 Å². The number of nitrogens with one attached hydrogen (secondary N) is 2. The zero-order valence-corrected chi connectivity index (χ0v) is 23.5. The molecule has 1 saturated heterocycles. The summed E-state index contributed by atoms with van der Waals surface area (Å²) in [6, 6.07) is 18.8. The number of hydrogen-bond acceptors (Lipinski definition) is 5. The SMILES string of the molecule is CCC[C@@H](C(=O)O)N1C(=O)c2cccc3c(NC4CC[NH+](Cc5ccccc5)CC4)ccc(c23)C1=O.O=C(O)C(F)(F)F. The Morgan fingerprint density at radius 2 is 1.56 bits per heavy atom. The molecule has 0 unspecified atom stereocenters. The number of carboxylic acids is 2. The summed E-state index contributed by atoms with van der Waals surface area (Å²) in [6.45, 7) is 5.03. The van der Waals surface area contributed by atoms with Crippen LogP contribution in [0, 0.1) is 0 Å². The maximum absolute atomic E-state index is 13.3. The molecule has 3 aromatic carbocycles. The van der Waals surface area contributed by atoms with E-state index in [0.717, 1.165) is 48.4 Å². The van der Waals surface area contributed by atoms with Gasteiger partial charge in [0, 0.05) is 52.0 Å². The lowest BCUT2D eigenvalue weighted by Crippen LogP contribution is -3.12. The first-order chi connectivity index (χ1) is 20.4. The molecule has 2 heterocycles. The zero-order chi connectivity index (χ0) is 31.3. The topological polar surface area (TPSA) is 128 Å². The number of amides is 2. The number of carboxylic acid groups (broad SMARTS) is 2. The van der Waals surface area contributed by atoms with E-state index in [-0.39, 0.29) is 6.42 Å². The highest BCUT2D eigenvalue weighted by Crippen LogP contribution is 2.36. The predicted octanol–water partition coefficient (Wildman–Crippen LogP) is 3.98. The van der Waals surface area contributed by atoms with Crippen LogP contribution in [0.25, 0.3) is 10.8 Å². The molecule has 228 valence electrons. The van der Waals surface area contributed by atoms with Gasteiger partial charge in [-0.15, -0.1) is 0 Å². The molecule has 9 nitrogen and oxygen atoms in total. The lowest BCUT2D eigenvalue weighted by Gasteiger charge is -2.33. The van der Waals surface area contributed by atoms with Crippen LogP contribution >= 0.6 is 0 Å². The fourth-order valence-electron chi connectivity index (χ4n) is 5.61. The van der Waals surface area contributed by atoms with Crippen LogP contribution in [0.15, 0.2) is 60.7 Å². The molecule has 3 aromatic rings. The number of quaternary nitrogens is 1. The Hall–Kier alpha value is -4.45. The standard InChI is InChI=1S/C29H31N3O4.C2HF3O2/c1-2-7-25(29(35)36)32-27(33)22-11-6-10-21-24(13-12-23(26(21)22)28(32)34)30-20-14-16-31(17-15-20)18-19-8-4-3-5-9-19;3-2(4,5)1(6)7/h3-6,8-13,20,25,30H,2,7,14-18H2,1H3,(H,35,36);(H,6,7)/p+1/t25-;/m0./s1. The van der Waals surface area contributed by atoms with E-state index in [1.54, 1.807) is 23.1 Å². The van der Waals surface area contributed by atoms with Gasteiger partial charge in [0.25, 0.3) is 11.8 Å². The van der Waals surface area contributed by atoms with Gasteiger partial charge < -0.3 is 20.4 Å². The lowest BCUT2D eigenvalue weighted by molar-refractivity contribution is -0.918. The monoisotopic (exact) mass is 600 g/mol. The van der Waals surface area contributed by atoms with E-state index in [1.165, 1.54) is 5.56 Å². The van der Waals surface area contributed by atoms with Gasteiger partial charge >= 0.3 is 18.1 Å². The van der Waals surface area contributed by atoms with E-state index < -0.39 is 36.0 Å². The fourth-order valence-corrected chi connectivity index (χ4v) is 5.61. The second-order valence-corrected chi connectivity index (χ2v) is 10.6. The number of anilines is 1. The minimum atomic E-state index is -5.08. The summed E-state index contributed by atoms with van der Waals surface area (Å²) in [4.78, 5) is 50.0. The average molecular weight is 601 g/mol. The van der Waals surface area contributed by atoms with Gasteiger partial charge in [-0.25, -0.2) is 9.59 Å². The number of carbonyl (C=O) groups is 4. The number of benzene rings is 3. The van der Waals surface area contributed by atoms with Gasteiger partial charge in [0.05, 0.1) is 13.1 Å². The van der Waals surface area contributed by atoms with Crippen LogP contribution < -0.4 is 10.2 Å². The van der Waals surface area contributed by atoms with Gasteiger partial charge in [-0.1, -0.05) is 55.8 Å². The Kier molecular flexibility index (Phi) is 9.70. The summed E-state index contributed by atoms with van der Waals surface area (Å²) in [6.07, 6.45) is -2.23. The van der Waals surface area contributed by atoms with E-state index in [9.17, 15) is 32.7 Å². The van der Waals surface area contributed by atoms with Gasteiger partial charge in [0.1, 0.15) is 12.6 Å². The number of piperidine rings is 1. The average Bonchev–Trinajstić information content (AvgIpc) is 2.97. The van der Waals surface area contributed by atoms with Gasteiger partial charge in [-0.2, -0.15) is 13.2 Å². The van der Waals surface area contributed by atoms with E-state index in [4.69, 9.17) is 9.90 Å².